The number of aryl methyl sites for hydroxylation is 1. The van der Waals surface area contributed by atoms with E-state index in [2.05, 4.69) is 9.97 Å². The molecule has 1 aromatic heterocycles. The zero-order valence-electron chi connectivity index (χ0n) is 8.94. The van der Waals surface area contributed by atoms with Crippen LogP contribution >= 0.6 is 11.6 Å². The van der Waals surface area contributed by atoms with E-state index in [1.165, 1.54) is 0 Å². The van der Waals surface area contributed by atoms with Crippen LogP contribution in [0.3, 0.4) is 0 Å². The fourth-order valence-corrected chi connectivity index (χ4v) is 1.72. The Morgan fingerprint density at radius 1 is 1.25 bits per heavy atom. The smallest absolute Gasteiger partial charge is 0.161 e. The highest BCUT2D eigenvalue weighted by Crippen LogP contribution is 2.24. The fraction of sp³-hybridized carbons (Fsp3) is 0.167. The van der Waals surface area contributed by atoms with Gasteiger partial charge in [-0.15, -0.1) is 0 Å². The molecule has 0 radical (unpaired) electrons. The van der Waals surface area contributed by atoms with Crippen molar-refractivity contribution in [2.75, 3.05) is 0 Å². The third kappa shape index (κ3) is 2.21. The molecule has 4 heteroatoms. The van der Waals surface area contributed by atoms with Crippen LogP contribution in [0, 0.1) is 6.92 Å². The van der Waals surface area contributed by atoms with Crippen LogP contribution in [0.4, 0.5) is 0 Å². The van der Waals surface area contributed by atoms with Gasteiger partial charge >= 0.3 is 0 Å². The van der Waals surface area contributed by atoms with E-state index in [0.29, 0.717) is 17.4 Å². The average Bonchev–Trinajstić information content (AvgIpc) is 2.28. The molecule has 0 saturated heterocycles. The lowest BCUT2D eigenvalue weighted by molar-refractivity contribution is 0.953. The maximum absolute atomic E-state index is 6.10. The van der Waals surface area contributed by atoms with Gasteiger partial charge in [0.15, 0.2) is 5.82 Å². The van der Waals surface area contributed by atoms with Gasteiger partial charge in [-0.3, -0.25) is 0 Å². The van der Waals surface area contributed by atoms with Gasteiger partial charge in [-0.05, 0) is 25.1 Å². The third-order valence-electron chi connectivity index (χ3n) is 2.23. The predicted molar refractivity (Wildman–Crippen MR) is 65.1 cm³/mol. The molecule has 0 amide bonds. The first-order valence-corrected chi connectivity index (χ1v) is 5.38. The van der Waals surface area contributed by atoms with Crippen molar-refractivity contribution in [2.45, 2.75) is 13.5 Å². The SMILES string of the molecule is Cc1cc(CN)nc(-c2ccccc2Cl)n1. The van der Waals surface area contributed by atoms with E-state index in [1.807, 2.05) is 37.3 Å². The summed E-state index contributed by atoms with van der Waals surface area (Å²) in [4.78, 5) is 8.72. The number of nitrogens with zero attached hydrogens (tertiary/aromatic N) is 2. The lowest BCUT2D eigenvalue weighted by Gasteiger charge is -2.05. The fourth-order valence-electron chi connectivity index (χ4n) is 1.50. The second-order valence-electron chi connectivity index (χ2n) is 3.51. The van der Waals surface area contributed by atoms with Crippen molar-refractivity contribution >= 4 is 11.6 Å². The van der Waals surface area contributed by atoms with E-state index >= 15 is 0 Å². The molecule has 82 valence electrons. The van der Waals surface area contributed by atoms with Gasteiger partial charge in [0.25, 0.3) is 0 Å². The van der Waals surface area contributed by atoms with Crippen molar-refractivity contribution in [1.82, 2.24) is 9.97 Å². The van der Waals surface area contributed by atoms with E-state index in [0.717, 1.165) is 17.0 Å². The lowest BCUT2D eigenvalue weighted by Crippen LogP contribution is -2.03. The van der Waals surface area contributed by atoms with Gasteiger partial charge in [0.2, 0.25) is 0 Å². The van der Waals surface area contributed by atoms with Crippen molar-refractivity contribution in [2.24, 2.45) is 5.73 Å². The van der Waals surface area contributed by atoms with Gasteiger partial charge in [0, 0.05) is 17.8 Å². The summed E-state index contributed by atoms with van der Waals surface area (Å²) in [6.07, 6.45) is 0. The van der Waals surface area contributed by atoms with Gasteiger partial charge in [0.1, 0.15) is 0 Å². The molecular weight excluding hydrogens is 222 g/mol. The molecule has 0 saturated carbocycles. The topological polar surface area (TPSA) is 51.8 Å². The van der Waals surface area contributed by atoms with E-state index in [1.54, 1.807) is 0 Å². The molecule has 3 nitrogen and oxygen atoms in total. The van der Waals surface area contributed by atoms with E-state index in [-0.39, 0.29) is 0 Å². The largest absolute Gasteiger partial charge is 0.325 e. The molecular formula is C12H12ClN3. The second kappa shape index (κ2) is 4.60. The summed E-state index contributed by atoms with van der Waals surface area (Å²) in [6, 6.07) is 9.39. The Labute approximate surface area is 99.3 Å². The molecule has 2 rings (SSSR count). The second-order valence-corrected chi connectivity index (χ2v) is 3.92. The number of hydrogen-bond acceptors (Lipinski definition) is 3. The molecule has 0 atom stereocenters. The normalized spacial score (nSPS) is 10.4. The van der Waals surface area contributed by atoms with Gasteiger partial charge < -0.3 is 5.73 Å². The Morgan fingerprint density at radius 3 is 2.69 bits per heavy atom. The van der Waals surface area contributed by atoms with Crippen molar-refractivity contribution in [3.8, 4) is 11.4 Å². The number of nitrogens with two attached hydrogens (primary N) is 1. The van der Waals surface area contributed by atoms with Gasteiger partial charge in [0.05, 0.1) is 10.7 Å². The first kappa shape index (κ1) is 11.0. The molecule has 0 aliphatic rings. The van der Waals surface area contributed by atoms with Crippen LogP contribution in [-0.2, 0) is 6.54 Å². The monoisotopic (exact) mass is 233 g/mol. The number of rotatable bonds is 2. The average molecular weight is 234 g/mol. The van der Waals surface area contributed by atoms with Crippen LogP contribution in [0.15, 0.2) is 30.3 Å². The summed E-state index contributed by atoms with van der Waals surface area (Å²) in [7, 11) is 0. The predicted octanol–water partition coefficient (Wildman–Crippen LogP) is 2.56. The van der Waals surface area contributed by atoms with E-state index < -0.39 is 0 Å². The van der Waals surface area contributed by atoms with Gasteiger partial charge in [-0.25, -0.2) is 9.97 Å². The van der Waals surface area contributed by atoms with Crippen molar-refractivity contribution < 1.29 is 0 Å². The summed E-state index contributed by atoms with van der Waals surface area (Å²) in [5.41, 5.74) is 8.13. The molecule has 0 unspecified atom stereocenters. The molecule has 0 spiro atoms. The van der Waals surface area contributed by atoms with Crippen LogP contribution in [-0.4, -0.2) is 9.97 Å². The lowest BCUT2D eigenvalue weighted by atomic mass is 10.2. The quantitative estimate of drug-likeness (QED) is 0.868. The van der Waals surface area contributed by atoms with Crippen molar-refractivity contribution in [3.05, 3.63) is 46.7 Å². The Balaban J connectivity index is 2.56. The highest BCUT2D eigenvalue weighted by Gasteiger charge is 2.07. The summed E-state index contributed by atoms with van der Waals surface area (Å²) < 4.78 is 0. The molecule has 0 bridgehead atoms. The highest BCUT2D eigenvalue weighted by molar-refractivity contribution is 6.33. The Kier molecular flexibility index (Phi) is 3.17. The highest BCUT2D eigenvalue weighted by atomic mass is 35.5. The number of halogens is 1. The van der Waals surface area contributed by atoms with Gasteiger partial charge in [-0.2, -0.15) is 0 Å². The Hall–Kier alpha value is -1.45. The van der Waals surface area contributed by atoms with E-state index in [4.69, 9.17) is 17.3 Å². The summed E-state index contributed by atoms with van der Waals surface area (Å²) in [5, 5.41) is 0.649. The van der Waals surface area contributed by atoms with E-state index in [9.17, 15) is 0 Å². The molecule has 0 fully saturated rings. The minimum Gasteiger partial charge on any atom is -0.325 e. The molecule has 0 aliphatic carbocycles. The van der Waals surface area contributed by atoms with Crippen LogP contribution in [0.1, 0.15) is 11.4 Å². The molecule has 1 aromatic carbocycles. The minimum atomic E-state index is 0.404. The Bertz CT molecular complexity index is 511. The van der Waals surface area contributed by atoms with Gasteiger partial charge in [-0.1, -0.05) is 23.7 Å². The summed E-state index contributed by atoms with van der Waals surface area (Å²) >= 11 is 6.10. The maximum Gasteiger partial charge on any atom is 0.161 e. The maximum atomic E-state index is 6.10. The van der Waals surface area contributed by atoms with Crippen molar-refractivity contribution in [1.29, 1.82) is 0 Å². The summed E-state index contributed by atoms with van der Waals surface area (Å²) in [6.45, 7) is 2.32. The third-order valence-corrected chi connectivity index (χ3v) is 2.56. The molecule has 16 heavy (non-hydrogen) atoms. The minimum absolute atomic E-state index is 0.404. The zero-order valence-corrected chi connectivity index (χ0v) is 9.70. The first-order chi connectivity index (χ1) is 7.70. The van der Waals surface area contributed by atoms with Crippen molar-refractivity contribution in [3.63, 3.8) is 0 Å². The number of hydrogen-bond donors (Lipinski definition) is 1. The van der Waals surface area contributed by atoms with Crippen LogP contribution in [0.5, 0.6) is 0 Å². The Morgan fingerprint density at radius 2 is 2.00 bits per heavy atom. The van der Waals surface area contributed by atoms with Crippen LogP contribution < -0.4 is 5.73 Å². The molecule has 0 aliphatic heterocycles. The number of aromatic nitrogens is 2. The standard InChI is InChI=1S/C12H12ClN3/c1-8-6-9(7-14)16-12(15-8)10-4-2-3-5-11(10)13/h2-6H,7,14H2,1H3. The molecule has 2 aromatic rings. The molecule has 2 N–H and O–H groups in total. The summed E-state index contributed by atoms with van der Waals surface area (Å²) in [5.74, 6) is 0.631. The first-order valence-electron chi connectivity index (χ1n) is 5.00. The van der Waals surface area contributed by atoms with Crippen LogP contribution in [0.25, 0.3) is 11.4 Å². The van der Waals surface area contributed by atoms with Crippen LogP contribution in [0.2, 0.25) is 5.02 Å². The molecule has 1 heterocycles. The number of benzene rings is 1. The zero-order chi connectivity index (χ0) is 11.5.